The summed E-state index contributed by atoms with van der Waals surface area (Å²) in [6.07, 6.45) is 6.49. The minimum atomic E-state index is -0.195. The number of likely N-dealkylation sites (N-methyl/N-ethyl adjacent to an activating group) is 1. The van der Waals surface area contributed by atoms with E-state index >= 15 is 0 Å². The molecular weight excluding hydrogens is 230 g/mol. The second-order valence-corrected chi connectivity index (χ2v) is 6.17. The summed E-state index contributed by atoms with van der Waals surface area (Å²) >= 11 is 1.74. The Kier molecular flexibility index (Phi) is 4.23. The normalized spacial score (nSPS) is 20.9. The highest BCUT2D eigenvalue weighted by Gasteiger charge is 2.41. The zero-order chi connectivity index (χ0) is 12.3. The fourth-order valence-corrected chi connectivity index (χ4v) is 3.78. The van der Waals surface area contributed by atoms with Crippen molar-refractivity contribution in [2.24, 2.45) is 0 Å². The lowest BCUT2D eigenvalue weighted by molar-refractivity contribution is -0.00753. The zero-order valence-electron chi connectivity index (χ0n) is 10.9. The number of hydrogen-bond donors (Lipinski definition) is 1. The van der Waals surface area contributed by atoms with Crippen molar-refractivity contribution < 1.29 is 5.11 Å². The van der Waals surface area contributed by atoms with Crippen LogP contribution in [0.5, 0.6) is 0 Å². The predicted molar refractivity (Wildman–Crippen MR) is 73.5 cm³/mol. The fourth-order valence-electron chi connectivity index (χ4n) is 3.07. The molecule has 96 valence electrons. The van der Waals surface area contributed by atoms with E-state index in [1.807, 2.05) is 0 Å². The topological polar surface area (TPSA) is 23.5 Å². The summed E-state index contributed by atoms with van der Waals surface area (Å²) in [6.45, 7) is 0. The third-order valence-electron chi connectivity index (χ3n) is 4.27. The van der Waals surface area contributed by atoms with Gasteiger partial charge >= 0.3 is 0 Å². The van der Waals surface area contributed by atoms with Crippen molar-refractivity contribution in [1.29, 1.82) is 0 Å². The Hall–Kier alpha value is -0.380. The Labute approximate surface area is 108 Å². The van der Waals surface area contributed by atoms with Gasteiger partial charge in [0.25, 0.3) is 0 Å². The monoisotopic (exact) mass is 253 g/mol. The van der Waals surface area contributed by atoms with E-state index in [9.17, 15) is 5.11 Å². The lowest BCUT2D eigenvalue weighted by Gasteiger charge is -2.40. The van der Waals surface area contributed by atoms with Gasteiger partial charge in [0, 0.05) is 5.54 Å². The fraction of sp³-hybridized carbons (Fsp3) is 0.714. The molecule has 1 fully saturated rings. The van der Waals surface area contributed by atoms with Crippen LogP contribution in [0, 0.1) is 0 Å². The van der Waals surface area contributed by atoms with Gasteiger partial charge in [-0.3, -0.25) is 0 Å². The van der Waals surface area contributed by atoms with Crippen molar-refractivity contribution in [3.05, 3.63) is 22.4 Å². The first-order valence-electron chi connectivity index (χ1n) is 6.52. The number of nitrogens with zero attached hydrogens (tertiary/aromatic N) is 1. The predicted octanol–water partition coefficient (Wildman–Crippen LogP) is 2.92. The van der Waals surface area contributed by atoms with Crippen molar-refractivity contribution in [3.8, 4) is 0 Å². The summed E-state index contributed by atoms with van der Waals surface area (Å²) in [4.78, 5) is 2.25. The molecule has 1 aromatic heterocycles. The summed E-state index contributed by atoms with van der Waals surface area (Å²) in [5, 5.41) is 14.8. The molecule has 17 heavy (non-hydrogen) atoms. The number of aliphatic hydroxyl groups excluding tert-OH is 1. The van der Waals surface area contributed by atoms with E-state index in [-0.39, 0.29) is 11.6 Å². The van der Waals surface area contributed by atoms with Crippen LogP contribution in [0.4, 0.5) is 0 Å². The Morgan fingerprint density at radius 2 is 2.12 bits per heavy atom. The number of rotatable bonds is 5. The molecule has 1 heterocycles. The number of aryl methyl sites for hydroxylation is 1. The molecule has 0 bridgehead atoms. The first-order chi connectivity index (χ1) is 8.15. The molecule has 0 aromatic carbocycles. The lowest BCUT2D eigenvalue weighted by atomic mass is 9.86. The van der Waals surface area contributed by atoms with Gasteiger partial charge in [0.2, 0.25) is 0 Å². The molecule has 0 radical (unpaired) electrons. The molecule has 0 amide bonds. The average molecular weight is 253 g/mol. The van der Waals surface area contributed by atoms with Crippen LogP contribution in [0.3, 0.4) is 0 Å². The average Bonchev–Trinajstić information content (AvgIpc) is 2.97. The van der Waals surface area contributed by atoms with E-state index in [4.69, 9.17) is 0 Å². The Morgan fingerprint density at radius 3 is 2.65 bits per heavy atom. The van der Waals surface area contributed by atoms with Crippen molar-refractivity contribution >= 4 is 11.3 Å². The van der Waals surface area contributed by atoms with Crippen LogP contribution in [0.25, 0.3) is 0 Å². The maximum atomic E-state index is 10.5. The van der Waals surface area contributed by atoms with Crippen LogP contribution in [0.2, 0.25) is 0 Å². The Bertz CT molecular complexity index is 328. The van der Waals surface area contributed by atoms with Crippen molar-refractivity contribution in [2.45, 2.75) is 50.2 Å². The summed E-state index contributed by atoms with van der Waals surface area (Å²) < 4.78 is 0. The van der Waals surface area contributed by atoms with Gasteiger partial charge in [-0.25, -0.2) is 0 Å². The van der Waals surface area contributed by atoms with Gasteiger partial charge < -0.3 is 10.0 Å². The van der Waals surface area contributed by atoms with E-state index in [1.165, 1.54) is 18.4 Å². The largest absolute Gasteiger partial charge is 0.391 e. The van der Waals surface area contributed by atoms with Gasteiger partial charge in [-0.15, -0.1) is 0 Å². The Balaban J connectivity index is 1.95. The standard InChI is InChI=1S/C14H23NOS/c1-15(2)14(8-3-4-9-14)13(16)6-5-12-7-10-17-11-12/h7,10-11,13,16H,3-6,8-9H2,1-2H3. The van der Waals surface area contributed by atoms with Crippen molar-refractivity contribution in [3.63, 3.8) is 0 Å². The van der Waals surface area contributed by atoms with E-state index in [0.29, 0.717) is 0 Å². The molecule has 0 aliphatic heterocycles. The minimum Gasteiger partial charge on any atom is -0.391 e. The van der Waals surface area contributed by atoms with Gasteiger partial charge in [-0.1, -0.05) is 12.8 Å². The van der Waals surface area contributed by atoms with E-state index in [1.54, 1.807) is 11.3 Å². The molecule has 2 nitrogen and oxygen atoms in total. The van der Waals surface area contributed by atoms with E-state index < -0.39 is 0 Å². The summed E-state index contributed by atoms with van der Waals surface area (Å²) in [5.41, 5.74) is 1.40. The Morgan fingerprint density at radius 1 is 1.41 bits per heavy atom. The molecule has 1 atom stereocenters. The summed E-state index contributed by atoms with van der Waals surface area (Å²) in [5.74, 6) is 0. The molecule has 0 spiro atoms. The second-order valence-electron chi connectivity index (χ2n) is 5.39. The molecule has 1 saturated carbocycles. The van der Waals surface area contributed by atoms with Crippen LogP contribution in [0.1, 0.15) is 37.7 Å². The van der Waals surface area contributed by atoms with E-state index in [2.05, 4.69) is 35.8 Å². The van der Waals surface area contributed by atoms with Crippen LogP contribution in [0.15, 0.2) is 16.8 Å². The van der Waals surface area contributed by atoms with Gasteiger partial charge in [0.05, 0.1) is 6.10 Å². The maximum absolute atomic E-state index is 10.5. The van der Waals surface area contributed by atoms with Crippen LogP contribution >= 0.6 is 11.3 Å². The second kappa shape index (κ2) is 5.51. The first kappa shape index (κ1) is 13.1. The third kappa shape index (κ3) is 2.72. The van der Waals surface area contributed by atoms with Gasteiger partial charge in [0.15, 0.2) is 0 Å². The maximum Gasteiger partial charge on any atom is 0.0726 e. The summed E-state index contributed by atoms with van der Waals surface area (Å²) in [7, 11) is 4.22. The molecule has 1 N–H and O–H groups in total. The van der Waals surface area contributed by atoms with Gasteiger partial charge in [0.1, 0.15) is 0 Å². The van der Waals surface area contributed by atoms with Crippen LogP contribution in [-0.4, -0.2) is 35.7 Å². The highest BCUT2D eigenvalue weighted by Crippen LogP contribution is 2.38. The first-order valence-corrected chi connectivity index (χ1v) is 7.46. The molecule has 1 aromatic rings. The number of thiophene rings is 1. The van der Waals surface area contributed by atoms with Crippen LogP contribution in [-0.2, 0) is 6.42 Å². The molecule has 0 saturated heterocycles. The molecule has 1 aliphatic carbocycles. The molecule has 2 rings (SSSR count). The number of aliphatic hydroxyl groups is 1. The number of hydrogen-bond acceptors (Lipinski definition) is 3. The summed E-state index contributed by atoms with van der Waals surface area (Å²) in [6, 6.07) is 2.16. The van der Waals surface area contributed by atoms with Gasteiger partial charge in [-0.05, 0) is 62.2 Å². The quantitative estimate of drug-likeness (QED) is 0.872. The molecular formula is C14H23NOS. The van der Waals surface area contributed by atoms with Crippen molar-refractivity contribution in [2.75, 3.05) is 14.1 Å². The third-order valence-corrected chi connectivity index (χ3v) is 5.00. The molecule has 3 heteroatoms. The molecule has 1 unspecified atom stereocenters. The van der Waals surface area contributed by atoms with Gasteiger partial charge in [-0.2, -0.15) is 11.3 Å². The van der Waals surface area contributed by atoms with Crippen molar-refractivity contribution in [1.82, 2.24) is 4.90 Å². The SMILES string of the molecule is CN(C)C1(C(O)CCc2ccsc2)CCCC1. The highest BCUT2D eigenvalue weighted by atomic mass is 32.1. The zero-order valence-corrected chi connectivity index (χ0v) is 11.7. The molecule has 1 aliphatic rings. The highest BCUT2D eigenvalue weighted by molar-refractivity contribution is 7.07. The lowest BCUT2D eigenvalue weighted by Crippen LogP contribution is -2.51. The smallest absolute Gasteiger partial charge is 0.0726 e. The van der Waals surface area contributed by atoms with Crippen LogP contribution < -0.4 is 0 Å². The van der Waals surface area contributed by atoms with E-state index in [0.717, 1.165) is 25.7 Å². The minimum absolute atomic E-state index is 0.0377.